The van der Waals surface area contributed by atoms with Gasteiger partial charge in [-0.1, -0.05) is 30.3 Å². The molecule has 2 aliphatic rings. The van der Waals surface area contributed by atoms with E-state index in [0.29, 0.717) is 0 Å². The number of hydrogen-bond donors (Lipinski definition) is 0. The molecule has 0 bridgehead atoms. The molecule has 0 atom stereocenters. The molecule has 5 heteroatoms. The smallest absolute Gasteiger partial charge is 0.418 e. The Morgan fingerprint density at radius 3 is 2.04 bits per heavy atom. The standard InChI is InChI=1S/C19H13.BF4/c1-2-8-16-12-17-11-10-14-6-4-5-7-15(14)13-19(17)18(16)9-3-1;2-1(3,4)5/h1-13H;/q+1;-1. The van der Waals surface area contributed by atoms with Crippen LogP contribution in [0.2, 0.25) is 0 Å². The first kappa shape index (κ1) is 16.2. The Kier molecular flexibility index (Phi) is 4.34. The van der Waals surface area contributed by atoms with E-state index in [0.717, 1.165) is 0 Å². The zero-order valence-electron chi connectivity index (χ0n) is 12.6. The summed E-state index contributed by atoms with van der Waals surface area (Å²) in [5.41, 5.74) is 2.63. The lowest BCUT2D eigenvalue weighted by Crippen LogP contribution is -2.02. The van der Waals surface area contributed by atoms with E-state index in [2.05, 4.69) is 78.9 Å². The third kappa shape index (κ3) is 3.80. The summed E-state index contributed by atoms with van der Waals surface area (Å²) in [5, 5.41) is 5.19. The predicted molar refractivity (Wildman–Crippen MR) is 92.7 cm³/mol. The molecular weight excluding hydrogens is 315 g/mol. The van der Waals surface area contributed by atoms with Crippen molar-refractivity contribution in [2.24, 2.45) is 0 Å². The molecule has 0 saturated carbocycles. The monoisotopic (exact) mass is 328 g/mol. The van der Waals surface area contributed by atoms with Crippen LogP contribution >= 0.6 is 0 Å². The SMILES string of the molecule is F[B-](F)(F)F.c1ccc2cc3ccc4ccccc4cc-3c2[cH+]c1. The summed E-state index contributed by atoms with van der Waals surface area (Å²) >= 11 is 0. The summed E-state index contributed by atoms with van der Waals surface area (Å²) in [5.74, 6) is 0. The lowest BCUT2D eigenvalue weighted by Gasteiger charge is -1.94. The lowest BCUT2D eigenvalue weighted by molar-refractivity contribution is 0.368. The molecule has 0 saturated heterocycles. The summed E-state index contributed by atoms with van der Waals surface area (Å²) < 4.78 is 39.0. The van der Waals surface area contributed by atoms with Crippen LogP contribution in [0.15, 0.2) is 78.9 Å². The second kappa shape index (κ2) is 6.44. The Morgan fingerprint density at radius 2 is 1.29 bits per heavy atom. The van der Waals surface area contributed by atoms with Gasteiger partial charge in [0, 0.05) is 29.8 Å². The van der Waals surface area contributed by atoms with Crippen LogP contribution in [-0.4, -0.2) is 7.25 Å². The second-order valence-electron chi connectivity index (χ2n) is 5.39. The fraction of sp³-hybridized carbons (Fsp3) is 0. The van der Waals surface area contributed by atoms with Gasteiger partial charge in [0.05, 0.1) is 10.9 Å². The van der Waals surface area contributed by atoms with E-state index in [1.54, 1.807) is 0 Å². The van der Waals surface area contributed by atoms with Gasteiger partial charge in [-0.3, -0.25) is 0 Å². The second-order valence-corrected chi connectivity index (χ2v) is 5.39. The maximum Gasteiger partial charge on any atom is 0.673 e. The van der Waals surface area contributed by atoms with Crippen molar-refractivity contribution in [1.82, 2.24) is 0 Å². The molecule has 2 aliphatic carbocycles. The van der Waals surface area contributed by atoms with Gasteiger partial charge in [-0.25, -0.2) is 0 Å². The van der Waals surface area contributed by atoms with Crippen LogP contribution in [0.3, 0.4) is 0 Å². The van der Waals surface area contributed by atoms with Crippen molar-refractivity contribution < 1.29 is 17.3 Å². The Bertz CT molecular complexity index is 964. The molecule has 0 N–H and O–H groups in total. The van der Waals surface area contributed by atoms with Gasteiger partial charge >= 0.3 is 7.25 Å². The molecule has 2 aromatic carbocycles. The zero-order valence-corrected chi connectivity index (χ0v) is 12.6. The summed E-state index contributed by atoms with van der Waals surface area (Å²) in [7, 11) is -6.00. The first-order valence-electron chi connectivity index (χ1n) is 7.43. The van der Waals surface area contributed by atoms with Crippen LogP contribution in [0.25, 0.3) is 32.7 Å². The van der Waals surface area contributed by atoms with Crippen molar-refractivity contribution in [3.05, 3.63) is 78.9 Å². The van der Waals surface area contributed by atoms with E-state index in [-0.39, 0.29) is 0 Å². The molecule has 0 amide bonds. The van der Waals surface area contributed by atoms with E-state index >= 15 is 0 Å². The van der Waals surface area contributed by atoms with E-state index < -0.39 is 7.25 Å². The minimum absolute atomic E-state index is 1.28. The highest BCUT2D eigenvalue weighted by atomic mass is 19.5. The third-order valence-corrected chi connectivity index (χ3v) is 3.72. The molecule has 0 aliphatic heterocycles. The van der Waals surface area contributed by atoms with Crippen LogP contribution in [0, 0.1) is 0 Å². The molecule has 0 nitrogen and oxygen atoms in total. The Hall–Kier alpha value is -2.69. The van der Waals surface area contributed by atoms with Gasteiger partial charge in [-0.2, -0.15) is 0 Å². The Morgan fingerprint density at radius 1 is 0.667 bits per heavy atom. The molecule has 24 heavy (non-hydrogen) atoms. The quantitative estimate of drug-likeness (QED) is 0.192. The van der Waals surface area contributed by atoms with Crippen LogP contribution in [-0.2, 0) is 0 Å². The summed E-state index contributed by atoms with van der Waals surface area (Å²) in [4.78, 5) is 0. The van der Waals surface area contributed by atoms with Crippen LogP contribution < -0.4 is 0 Å². The molecule has 120 valence electrons. The largest absolute Gasteiger partial charge is 0.673 e. The Balaban J connectivity index is 0.000000300. The number of hydrogen-bond acceptors (Lipinski definition) is 0. The van der Waals surface area contributed by atoms with Gasteiger partial charge in [-0.05, 0) is 35.0 Å². The minimum atomic E-state index is -6.00. The van der Waals surface area contributed by atoms with Crippen molar-refractivity contribution in [3.8, 4) is 11.1 Å². The predicted octanol–water partition coefficient (Wildman–Crippen LogP) is 6.68. The summed E-state index contributed by atoms with van der Waals surface area (Å²) in [6, 6.07) is 28.2. The van der Waals surface area contributed by atoms with Crippen molar-refractivity contribution >= 4 is 28.8 Å². The number of benzene rings is 1. The molecule has 0 spiro atoms. The number of halogens is 4. The van der Waals surface area contributed by atoms with Crippen LogP contribution in [0.5, 0.6) is 0 Å². The highest BCUT2D eigenvalue weighted by molar-refractivity contribution is 6.50. The lowest BCUT2D eigenvalue weighted by atomic mass is 10.1. The van der Waals surface area contributed by atoms with E-state index in [1.165, 1.54) is 32.7 Å². The van der Waals surface area contributed by atoms with Gasteiger partial charge < -0.3 is 17.3 Å². The van der Waals surface area contributed by atoms with Gasteiger partial charge in [0.15, 0.2) is 0 Å². The van der Waals surface area contributed by atoms with E-state index in [1.807, 2.05) is 0 Å². The molecule has 0 radical (unpaired) electrons. The molecular formula is C19H13BF4. The van der Waals surface area contributed by atoms with Gasteiger partial charge in [0.2, 0.25) is 0 Å². The van der Waals surface area contributed by atoms with Gasteiger partial charge in [-0.15, -0.1) is 0 Å². The topological polar surface area (TPSA) is 0 Å². The molecule has 2 aromatic rings. The maximum atomic E-state index is 9.75. The first-order chi connectivity index (χ1) is 11.4. The summed E-state index contributed by atoms with van der Waals surface area (Å²) in [6.45, 7) is 0. The maximum absolute atomic E-state index is 9.75. The zero-order chi connectivity index (χ0) is 17.2. The highest BCUT2D eigenvalue weighted by Crippen LogP contribution is 2.34. The third-order valence-electron chi connectivity index (χ3n) is 3.72. The van der Waals surface area contributed by atoms with Crippen molar-refractivity contribution in [1.29, 1.82) is 0 Å². The average molecular weight is 328 g/mol. The van der Waals surface area contributed by atoms with E-state index in [4.69, 9.17) is 0 Å². The molecule has 0 fully saturated rings. The first-order valence-corrected chi connectivity index (χ1v) is 7.43. The molecule has 4 rings (SSSR count). The van der Waals surface area contributed by atoms with Crippen molar-refractivity contribution in [2.75, 3.05) is 0 Å². The van der Waals surface area contributed by atoms with Gasteiger partial charge in [0.25, 0.3) is 0 Å². The van der Waals surface area contributed by atoms with Crippen molar-refractivity contribution in [3.63, 3.8) is 0 Å². The summed E-state index contributed by atoms with van der Waals surface area (Å²) in [6.07, 6.45) is 0. The fourth-order valence-corrected chi connectivity index (χ4v) is 2.76. The number of fused-ring (bicyclic) bond motifs is 4. The number of rotatable bonds is 0. The highest BCUT2D eigenvalue weighted by Gasteiger charge is 2.20. The average Bonchev–Trinajstić information content (AvgIpc) is 2.69. The van der Waals surface area contributed by atoms with Crippen LogP contribution in [0.4, 0.5) is 17.3 Å². The molecule has 0 aromatic heterocycles. The van der Waals surface area contributed by atoms with E-state index in [9.17, 15) is 17.3 Å². The normalized spacial score (nSPS) is 11.3. The van der Waals surface area contributed by atoms with Crippen LogP contribution in [0.1, 0.15) is 0 Å². The molecule has 0 heterocycles. The molecule has 0 unspecified atom stereocenters. The Labute approximate surface area is 136 Å². The van der Waals surface area contributed by atoms with Gasteiger partial charge in [0.1, 0.15) is 5.39 Å². The minimum Gasteiger partial charge on any atom is -0.418 e. The van der Waals surface area contributed by atoms with Crippen molar-refractivity contribution in [2.45, 2.75) is 0 Å². The fourth-order valence-electron chi connectivity index (χ4n) is 2.76.